The van der Waals surface area contributed by atoms with Crippen molar-refractivity contribution in [3.63, 3.8) is 0 Å². The van der Waals surface area contributed by atoms with E-state index in [4.69, 9.17) is 0 Å². The highest BCUT2D eigenvalue weighted by Gasteiger charge is 2.31. The Morgan fingerprint density at radius 1 is 1.35 bits per heavy atom. The van der Waals surface area contributed by atoms with Crippen LogP contribution in [-0.2, 0) is 11.2 Å². The van der Waals surface area contributed by atoms with Gasteiger partial charge >= 0.3 is 0 Å². The fraction of sp³-hybridized carbons (Fsp3) is 0.368. The standard InChI is InChI=1S/C19H21N5O2/c1-12-13(2)21-17-11-15(22-24(17)19(12)26)16-7-5-9-23(16)18(25)10-14-6-3-4-8-20-14/h3-4,6,8,11,16,22H,5,7,9-10H2,1-2H3. The lowest BCUT2D eigenvalue weighted by Crippen LogP contribution is -2.32. The summed E-state index contributed by atoms with van der Waals surface area (Å²) in [5.74, 6) is 0.0533. The van der Waals surface area contributed by atoms with Crippen LogP contribution in [0.5, 0.6) is 0 Å². The van der Waals surface area contributed by atoms with Gasteiger partial charge in [0.1, 0.15) is 0 Å². The molecular weight excluding hydrogens is 330 g/mol. The Kier molecular flexibility index (Phi) is 4.06. The first-order valence-corrected chi connectivity index (χ1v) is 8.83. The Bertz CT molecular complexity index is 1020. The minimum atomic E-state index is -0.0943. The van der Waals surface area contributed by atoms with Gasteiger partial charge in [-0.2, -0.15) is 0 Å². The number of aryl methyl sites for hydroxylation is 1. The first kappa shape index (κ1) is 16.5. The molecule has 1 atom stereocenters. The molecule has 134 valence electrons. The Morgan fingerprint density at radius 3 is 2.96 bits per heavy atom. The van der Waals surface area contributed by atoms with E-state index in [-0.39, 0.29) is 23.9 Å². The zero-order chi connectivity index (χ0) is 18.3. The van der Waals surface area contributed by atoms with Crippen LogP contribution in [-0.4, -0.2) is 36.9 Å². The second kappa shape index (κ2) is 6.40. The van der Waals surface area contributed by atoms with Crippen LogP contribution in [0.3, 0.4) is 0 Å². The Labute approximate surface area is 150 Å². The summed E-state index contributed by atoms with van der Waals surface area (Å²) in [6.45, 7) is 4.32. The zero-order valence-electron chi connectivity index (χ0n) is 14.9. The number of rotatable bonds is 3. The molecule has 1 saturated heterocycles. The average molecular weight is 351 g/mol. The van der Waals surface area contributed by atoms with Gasteiger partial charge in [0, 0.05) is 35.8 Å². The van der Waals surface area contributed by atoms with Gasteiger partial charge in [-0.1, -0.05) is 6.07 Å². The van der Waals surface area contributed by atoms with Crippen LogP contribution >= 0.6 is 0 Å². The van der Waals surface area contributed by atoms with E-state index in [2.05, 4.69) is 15.1 Å². The molecule has 26 heavy (non-hydrogen) atoms. The highest BCUT2D eigenvalue weighted by atomic mass is 16.2. The third-order valence-electron chi connectivity index (χ3n) is 5.09. The summed E-state index contributed by atoms with van der Waals surface area (Å²) in [6.07, 6.45) is 3.79. The number of nitrogens with one attached hydrogen (secondary N) is 1. The molecule has 1 aliphatic rings. The second-order valence-electron chi connectivity index (χ2n) is 6.78. The monoisotopic (exact) mass is 351 g/mol. The lowest BCUT2D eigenvalue weighted by molar-refractivity contribution is -0.131. The van der Waals surface area contributed by atoms with Gasteiger partial charge in [-0.3, -0.25) is 19.7 Å². The molecule has 7 nitrogen and oxygen atoms in total. The van der Waals surface area contributed by atoms with Crippen LogP contribution in [0.4, 0.5) is 0 Å². The van der Waals surface area contributed by atoms with Crippen molar-refractivity contribution < 1.29 is 4.79 Å². The molecule has 7 heteroatoms. The molecule has 0 saturated carbocycles. The number of carbonyl (C=O) groups is 1. The van der Waals surface area contributed by atoms with Crippen molar-refractivity contribution in [2.45, 2.75) is 39.2 Å². The van der Waals surface area contributed by atoms with Crippen molar-refractivity contribution in [1.29, 1.82) is 0 Å². The molecule has 1 amide bonds. The number of likely N-dealkylation sites (tertiary alicyclic amines) is 1. The minimum Gasteiger partial charge on any atom is -0.334 e. The number of nitrogens with zero attached hydrogens (tertiary/aromatic N) is 4. The van der Waals surface area contributed by atoms with Gasteiger partial charge in [-0.15, -0.1) is 0 Å². The Morgan fingerprint density at radius 2 is 2.19 bits per heavy atom. The van der Waals surface area contributed by atoms with E-state index in [9.17, 15) is 9.59 Å². The summed E-state index contributed by atoms with van der Waals surface area (Å²) in [5.41, 5.74) is 3.48. The summed E-state index contributed by atoms with van der Waals surface area (Å²) in [4.78, 5) is 35.8. The number of pyridine rings is 1. The quantitative estimate of drug-likeness (QED) is 0.782. The average Bonchev–Trinajstić information content (AvgIpc) is 3.27. The van der Waals surface area contributed by atoms with Crippen molar-refractivity contribution >= 4 is 11.6 Å². The summed E-state index contributed by atoms with van der Waals surface area (Å²) >= 11 is 0. The lowest BCUT2D eigenvalue weighted by atomic mass is 10.1. The van der Waals surface area contributed by atoms with E-state index in [1.165, 1.54) is 4.52 Å². The van der Waals surface area contributed by atoms with Crippen molar-refractivity contribution in [3.8, 4) is 0 Å². The van der Waals surface area contributed by atoms with E-state index < -0.39 is 0 Å². The van der Waals surface area contributed by atoms with E-state index in [0.29, 0.717) is 17.8 Å². The van der Waals surface area contributed by atoms with Gasteiger partial charge < -0.3 is 4.90 Å². The van der Waals surface area contributed by atoms with Crippen molar-refractivity contribution in [3.05, 3.63) is 63.5 Å². The number of aromatic nitrogens is 4. The number of carbonyl (C=O) groups excluding carboxylic acids is 1. The lowest BCUT2D eigenvalue weighted by Gasteiger charge is -2.23. The zero-order valence-corrected chi connectivity index (χ0v) is 14.9. The molecule has 3 aromatic rings. The summed E-state index contributed by atoms with van der Waals surface area (Å²) in [6, 6.07) is 7.41. The van der Waals surface area contributed by atoms with Crippen LogP contribution in [0, 0.1) is 13.8 Å². The van der Waals surface area contributed by atoms with E-state index in [1.807, 2.05) is 36.1 Å². The third kappa shape index (κ3) is 2.79. The van der Waals surface area contributed by atoms with Crippen LogP contribution in [0.25, 0.3) is 5.65 Å². The number of hydrogen-bond donors (Lipinski definition) is 1. The van der Waals surface area contributed by atoms with Gasteiger partial charge in [-0.05, 0) is 38.8 Å². The first-order valence-electron chi connectivity index (χ1n) is 8.83. The van der Waals surface area contributed by atoms with Gasteiger partial charge in [0.05, 0.1) is 18.2 Å². The summed E-state index contributed by atoms with van der Waals surface area (Å²) < 4.78 is 1.47. The fourth-order valence-corrected chi connectivity index (χ4v) is 3.56. The third-order valence-corrected chi connectivity index (χ3v) is 5.09. The Balaban J connectivity index is 1.64. The SMILES string of the molecule is Cc1nc2cc(C3CCCN3C(=O)Cc3ccccn3)[nH]n2c(=O)c1C. The van der Waals surface area contributed by atoms with E-state index >= 15 is 0 Å². The van der Waals surface area contributed by atoms with Crippen LogP contribution in [0.15, 0.2) is 35.3 Å². The van der Waals surface area contributed by atoms with Crippen molar-refractivity contribution in [2.24, 2.45) is 0 Å². The smallest absolute Gasteiger partial charge is 0.275 e. The number of amides is 1. The highest BCUT2D eigenvalue weighted by molar-refractivity contribution is 5.79. The van der Waals surface area contributed by atoms with Gasteiger partial charge in [0.2, 0.25) is 5.91 Å². The molecule has 0 bridgehead atoms. The fourth-order valence-electron chi connectivity index (χ4n) is 3.56. The second-order valence-corrected chi connectivity index (χ2v) is 6.78. The van der Waals surface area contributed by atoms with Gasteiger partial charge in [0.15, 0.2) is 5.65 Å². The molecular formula is C19H21N5O2. The summed E-state index contributed by atoms with van der Waals surface area (Å²) in [5, 5.41) is 3.15. The van der Waals surface area contributed by atoms with Gasteiger partial charge in [-0.25, -0.2) is 9.50 Å². The van der Waals surface area contributed by atoms with Crippen LogP contribution in [0.2, 0.25) is 0 Å². The Hall–Kier alpha value is -2.96. The van der Waals surface area contributed by atoms with Crippen LogP contribution < -0.4 is 5.56 Å². The molecule has 4 heterocycles. The highest BCUT2D eigenvalue weighted by Crippen LogP contribution is 2.31. The van der Waals surface area contributed by atoms with Crippen molar-refractivity contribution in [2.75, 3.05) is 6.54 Å². The predicted molar refractivity (Wildman–Crippen MR) is 96.9 cm³/mol. The molecule has 3 aromatic heterocycles. The largest absolute Gasteiger partial charge is 0.334 e. The van der Waals surface area contributed by atoms with Crippen molar-refractivity contribution in [1.82, 2.24) is 24.5 Å². The molecule has 1 unspecified atom stereocenters. The molecule has 1 fully saturated rings. The minimum absolute atomic E-state index is 0.0533. The number of H-pyrrole nitrogens is 1. The molecule has 1 aliphatic heterocycles. The maximum absolute atomic E-state index is 12.8. The number of fused-ring (bicyclic) bond motifs is 1. The van der Waals surface area contributed by atoms with E-state index in [1.54, 1.807) is 13.1 Å². The maximum atomic E-state index is 12.8. The number of hydrogen-bond acceptors (Lipinski definition) is 4. The molecule has 1 N–H and O–H groups in total. The van der Waals surface area contributed by atoms with Crippen LogP contribution in [0.1, 0.15) is 41.5 Å². The topological polar surface area (TPSA) is 83.4 Å². The molecule has 0 aromatic carbocycles. The number of aromatic amines is 1. The molecule has 4 rings (SSSR count). The summed E-state index contributed by atoms with van der Waals surface area (Å²) in [7, 11) is 0. The first-order chi connectivity index (χ1) is 12.5. The molecule has 0 radical (unpaired) electrons. The maximum Gasteiger partial charge on any atom is 0.275 e. The van der Waals surface area contributed by atoms with E-state index in [0.717, 1.165) is 29.9 Å². The normalized spacial score (nSPS) is 17.2. The molecule has 0 spiro atoms. The van der Waals surface area contributed by atoms with Gasteiger partial charge in [0.25, 0.3) is 5.56 Å². The predicted octanol–water partition coefficient (Wildman–Crippen LogP) is 1.94. The molecule has 0 aliphatic carbocycles.